The largest absolute Gasteiger partial charge is 0.414 e. The van der Waals surface area contributed by atoms with E-state index in [1.165, 1.54) is 63.3 Å². The summed E-state index contributed by atoms with van der Waals surface area (Å²) >= 11 is 28.3. The van der Waals surface area contributed by atoms with Gasteiger partial charge in [0, 0.05) is 102 Å². The molecular weight excluding hydrogens is 1500 g/mol. The number of anilines is 5. The summed E-state index contributed by atoms with van der Waals surface area (Å²) in [4.78, 5) is 26.3. The molecule has 5 unspecified atom stereocenters. The lowest BCUT2D eigenvalue weighted by atomic mass is 10.1. The Hall–Kier alpha value is -6.81. The van der Waals surface area contributed by atoms with Crippen molar-refractivity contribution in [2.75, 3.05) is 109 Å². The first kappa shape index (κ1) is 79.7. The second-order valence-corrected chi connectivity index (χ2v) is 36.6. The van der Waals surface area contributed by atoms with Crippen molar-refractivity contribution in [2.24, 2.45) is 0 Å². The Bertz CT molecular complexity index is 4360. The Kier molecular flexibility index (Phi) is 27.0. The van der Waals surface area contributed by atoms with Crippen LogP contribution in [0.2, 0.25) is 38.2 Å². The SMILES string of the molecule is CC(C)(C)[Si](C)(C)OCC1COC(CBr)(c2ccc(Cl)cc2Cl)O1.CCC(C)n1ncn(-c2ccc(N3CCN(c4ccc(C)cc4)CC3)cc2)c1=O.Cc1ccc(N2CCN(c3ccc(N)cc3)CC2)cc1.Cc1ccc(S(=O)(=O)OCC2COC(Cn3cncn3)(c3ccc(Cl)cc3Cl)O2)cc1. The maximum absolute atomic E-state index is 12.6. The lowest BCUT2D eigenvalue weighted by Crippen LogP contribution is -2.46. The van der Waals surface area contributed by atoms with Gasteiger partial charge in [-0.3, -0.25) is 4.18 Å². The zero-order valence-corrected chi connectivity index (χ0v) is 67.0. The molecule has 556 valence electrons. The Morgan fingerprint density at radius 1 is 0.606 bits per heavy atom. The number of nitrogens with two attached hydrogens (primary N) is 1. The number of hydrogen-bond acceptors (Lipinski definition) is 17. The van der Waals surface area contributed by atoms with Crippen LogP contribution in [-0.2, 0) is 55.8 Å². The normalized spacial score (nSPS) is 19.5. The number of ether oxygens (including phenoxy) is 4. The summed E-state index contributed by atoms with van der Waals surface area (Å²) in [6.45, 7) is 30.6. The lowest BCUT2D eigenvalue weighted by Gasteiger charge is -2.37. The highest BCUT2D eigenvalue weighted by Gasteiger charge is 2.47. The summed E-state index contributed by atoms with van der Waals surface area (Å²) < 4.78 is 65.6. The average Bonchev–Trinajstić information content (AvgIpc) is 1.57. The highest BCUT2D eigenvalue weighted by atomic mass is 79.9. The Morgan fingerprint density at radius 2 is 1.03 bits per heavy atom. The zero-order chi connectivity index (χ0) is 74.6. The third kappa shape index (κ3) is 20.3. The van der Waals surface area contributed by atoms with Gasteiger partial charge in [-0.15, -0.1) is 0 Å². The number of aryl methyl sites for hydroxylation is 3. The second-order valence-electron chi connectivity index (χ2n) is 27.9. The minimum Gasteiger partial charge on any atom is -0.414 e. The molecule has 2 aromatic heterocycles. The zero-order valence-electron chi connectivity index (χ0n) is 60.6. The lowest BCUT2D eigenvalue weighted by molar-refractivity contribution is -0.190. The van der Waals surface area contributed by atoms with Gasteiger partial charge in [-0.2, -0.15) is 18.6 Å². The van der Waals surface area contributed by atoms with Crippen LogP contribution in [-0.4, -0.2) is 142 Å². The Morgan fingerprint density at radius 3 is 1.47 bits per heavy atom. The van der Waals surface area contributed by atoms with Crippen LogP contribution in [0.15, 0.2) is 186 Å². The Labute approximate surface area is 641 Å². The summed E-state index contributed by atoms with van der Waals surface area (Å²) in [5.41, 5.74) is 17.3. The number of aromatic nitrogens is 6. The van der Waals surface area contributed by atoms with Crippen molar-refractivity contribution in [3.05, 3.63) is 235 Å². The third-order valence-electron chi connectivity index (χ3n) is 19.4. The van der Waals surface area contributed by atoms with Crippen molar-refractivity contribution in [3.63, 3.8) is 0 Å². The number of alkyl halides is 1. The van der Waals surface area contributed by atoms with Crippen LogP contribution < -0.4 is 31.0 Å². The molecule has 0 spiro atoms. The molecule has 104 heavy (non-hydrogen) atoms. The van der Waals surface area contributed by atoms with E-state index in [2.05, 4.69) is 178 Å². The minimum atomic E-state index is -3.94. The smallest absolute Gasteiger partial charge is 0.350 e. The van der Waals surface area contributed by atoms with Gasteiger partial charge in [-0.05, 0) is 161 Å². The summed E-state index contributed by atoms with van der Waals surface area (Å²) in [7, 11) is -5.75. The molecule has 2 N–H and O–H groups in total. The van der Waals surface area contributed by atoms with E-state index in [1.54, 1.807) is 58.0 Å². The molecule has 13 rings (SSSR count). The fraction of sp³-hybridized carbons (Fsp3) is 0.403. The molecule has 4 aliphatic rings. The summed E-state index contributed by atoms with van der Waals surface area (Å²) in [6.07, 6.45) is 4.62. The van der Waals surface area contributed by atoms with Gasteiger partial charge in [-0.25, -0.2) is 23.7 Å². The molecule has 0 amide bonds. The fourth-order valence-electron chi connectivity index (χ4n) is 11.9. The first-order chi connectivity index (χ1) is 49.6. The van der Waals surface area contributed by atoms with Gasteiger partial charge in [0.1, 0.15) is 37.7 Å². The van der Waals surface area contributed by atoms with Gasteiger partial charge in [0.15, 0.2) is 8.32 Å². The highest BCUT2D eigenvalue weighted by Crippen LogP contribution is 2.44. The molecule has 4 aliphatic heterocycles. The maximum Gasteiger partial charge on any atom is 0.350 e. The van der Waals surface area contributed by atoms with E-state index in [4.69, 9.17) is 79.7 Å². The monoisotopic (exact) mass is 1600 g/mol. The van der Waals surface area contributed by atoms with Gasteiger partial charge in [0.25, 0.3) is 10.1 Å². The summed E-state index contributed by atoms with van der Waals surface area (Å²) in [6, 6.07) is 50.7. The van der Waals surface area contributed by atoms with Gasteiger partial charge in [0.2, 0.25) is 11.6 Å². The van der Waals surface area contributed by atoms with E-state index in [0.717, 1.165) is 81.3 Å². The van der Waals surface area contributed by atoms with E-state index in [9.17, 15) is 13.2 Å². The molecule has 5 atom stereocenters. The minimum absolute atomic E-state index is 0.0756. The maximum atomic E-state index is 12.6. The van der Waals surface area contributed by atoms with Crippen LogP contribution in [0.5, 0.6) is 0 Å². The number of hydrogen-bond donors (Lipinski definition) is 1. The number of benzene rings is 7. The van der Waals surface area contributed by atoms with Crippen molar-refractivity contribution < 1.29 is 36.0 Å². The van der Waals surface area contributed by atoms with Crippen LogP contribution in [0.4, 0.5) is 28.4 Å². The van der Waals surface area contributed by atoms with Crippen molar-refractivity contribution in [3.8, 4) is 5.69 Å². The fourth-order valence-corrected chi connectivity index (χ4v) is 15.6. The van der Waals surface area contributed by atoms with Crippen LogP contribution in [0.1, 0.15) is 74.9 Å². The molecule has 4 saturated heterocycles. The molecule has 6 heterocycles. The van der Waals surface area contributed by atoms with Crippen molar-refractivity contribution >= 4 is 109 Å². The predicted molar refractivity (Wildman–Crippen MR) is 424 cm³/mol. The number of halogens is 5. The standard InChI is InChI=1S/C23H29N5O.C20H19Cl2N3O5S.C17H25BrCl2O3Si.C17H21N3/c1-4-19(3)28-23(29)27(17-24-28)22-11-9-21(10-12-22)26-15-13-25(14-16-26)20-7-5-18(2)6-8-20;1-14-2-5-17(6-3-14)31(26,27)29-10-16-9-28-20(30-16,11-25-13-23-12-24-25)18-7-4-15(21)8-19(18)22;1-16(2,3)24(4,5)22-10-13-9-21-17(11-18,23-13)14-7-6-12(19)8-15(14)20;1-14-2-6-16(7-3-14)19-10-12-20(13-11-19)17-8-4-15(18)5-9-17/h5-12,17,19H,4,13-16H2,1-3H3;2-8,12-13,16H,9-11H2,1H3;6-8,13H,9-11H2,1-5H3;2-9H,10-13,18H2,1H3. The van der Waals surface area contributed by atoms with E-state index in [-0.39, 0.29) is 47.5 Å². The van der Waals surface area contributed by atoms with Crippen LogP contribution >= 0.6 is 62.3 Å². The molecular formula is C77H94BrCl4N11O9SSi. The van der Waals surface area contributed by atoms with Gasteiger partial charge in [0.05, 0.1) is 58.4 Å². The topological polar surface area (TPSA) is 199 Å². The first-order valence-corrected chi connectivity index (χ1v) is 41.8. The summed E-state index contributed by atoms with van der Waals surface area (Å²) in [5, 5.41) is 11.0. The highest BCUT2D eigenvalue weighted by molar-refractivity contribution is 9.09. The molecule has 0 aliphatic carbocycles. The van der Waals surface area contributed by atoms with Gasteiger partial charge < -0.3 is 48.7 Å². The van der Waals surface area contributed by atoms with Crippen molar-refractivity contribution in [2.45, 2.75) is 121 Å². The number of piperazine rings is 2. The van der Waals surface area contributed by atoms with Crippen LogP contribution in [0.25, 0.3) is 5.69 Å². The molecule has 0 bridgehead atoms. The van der Waals surface area contributed by atoms with Gasteiger partial charge >= 0.3 is 5.69 Å². The number of rotatable bonds is 19. The van der Waals surface area contributed by atoms with E-state index in [1.807, 2.05) is 44.2 Å². The molecule has 0 radical (unpaired) electrons. The van der Waals surface area contributed by atoms with Crippen LogP contribution in [0.3, 0.4) is 0 Å². The predicted octanol–water partition coefficient (Wildman–Crippen LogP) is 16.1. The molecule has 9 aromatic rings. The third-order valence-corrected chi connectivity index (χ3v) is 27.0. The first-order valence-electron chi connectivity index (χ1n) is 34.9. The molecule has 7 aromatic carbocycles. The van der Waals surface area contributed by atoms with E-state index >= 15 is 0 Å². The quantitative estimate of drug-likeness (QED) is 0.0347. The molecule has 4 fully saturated rings. The summed E-state index contributed by atoms with van der Waals surface area (Å²) in [5.74, 6) is -2.21. The van der Waals surface area contributed by atoms with Crippen LogP contribution in [0, 0.1) is 20.8 Å². The Balaban J connectivity index is 0.000000151. The molecule has 0 saturated carbocycles. The second kappa shape index (κ2) is 35.3. The average molecular weight is 1600 g/mol. The molecule has 27 heteroatoms. The number of nitrogens with zero attached hydrogens (tertiary/aromatic N) is 10. The van der Waals surface area contributed by atoms with Gasteiger partial charge in [-0.1, -0.05) is 155 Å². The van der Waals surface area contributed by atoms with E-state index < -0.39 is 36.1 Å². The van der Waals surface area contributed by atoms with Crippen molar-refractivity contribution in [1.29, 1.82) is 0 Å². The number of nitrogen functional groups attached to an aromatic ring is 1. The molecule has 20 nitrogen and oxygen atoms in total. The van der Waals surface area contributed by atoms with Crippen molar-refractivity contribution in [1.82, 2.24) is 29.1 Å². The van der Waals surface area contributed by atoms with E-state index in [0.29, 0.717) is 44.2 Å².